The summed E-state index contributed by atoms with van der Waals surface area (Å²) in [6.45, 7) is 6.95. The van der Waals surface area contributed by atoms with Crippen molar-refractivity contribution in [2.45, 2.75) is 52.2 Å². The first-order valence-corrected chi connectivity index (χ1v) is 9.77. The van der Waals surface area contributed by atoms with Crippen LogP contribution in [0.5, 0.6) is 0 Å². The van der Waals surface area contributed by atoms with Crippen LogP contribution in [-0.4, -0.2) is 47.9 Å². The maximum atomic E-state index is 11.9. The van der Waals surface area contributed by atoms with Crippen LogP contribution in [0.15, 0.2) is 11.2 Å². The van der Waals surface area contributed by atoms with Gasteiger partial charge in [0.05, 0.1) is 6.61 Å². The van der Waals surface area contributed by atoms with Crippen molar-refractivity contribution in [3.8, 4) is 0 Å². The van der Waals surface area contributed by atoms with Gasteiger partial charge in [-0.05, 0) is 34.1 Å². The van der Waals surface area contributed by atoms with Gasteiger partial charge in [-0.2, -0.15) is 0 Å². The Morgan fingerprint density at radius 1 is 1.30 bits per heavy atom. The maximum absolute atomic E-state index is 11.9. The topological polar surface area (TPSA) is 102 Å². The van der Waals surface area contributed by atoms with Crippen molar-refractivity contribution in [2.24, 2.45) is 0 Å². The third-order valence-corrected chi connectivity index (χ3v) is 3.21. The Morgan fingerprint density at radius 3 is 2.30 bits per heavy atom. The van der Waals surface area contributed by atoms with E-state index in [0.29, 0.717) is 0 Å². The molecule has 0 fully saturated rings. The number of hydrogen-bond donors (Lipinski definition) is 2. The largest absolute Gasteiger partial charge is 0.508 e. The Hall–Kier alpha value is -1.57. The van der Waals surface area contributed by atoms with Gasteiger partial charge in [-0.3, -0.25) is 0 Å². The van der Waals surface area contributed by atoms with E-state index in [9.17, 15) is 18.9 Å². The van der Waals surface area contributed by atoms with Crippen molar-refractivity contribution < 1.29 is 28.4 Å². The molecule has 2 N–H and O–H groups in total. The molecule has 1 atom stereocenters. The minimum Gasteiger partial charge on any atom is -0.508 e. The molecule has 7 nitrogen and oxygen atoms in total. The van der Waals surface area contributed by atoms with Crippen LogP contribution in [-0.2, 0) is 28.4 Å². The lowest BCUT2D eigenvalue weighted by atomic mass is 10.1. The summed E-state index contributed by atoms with van der Waals surface area (Å²) >= 11 is 0. The molecular weight excluding hydrogens is 322 g/mol. The molecule has 0 rings (SSSR count). The van der Waals surface area contributed by atoms with Crippen LogP contribution in [0.3, 0.4) is 0 Å². The highest BCUT2D eigenvalue weighted by Crippen LogP contribution is 2.12. The summed E-state index contributed by atoms with van der Waals surface area (Å²) in [5, 5.41) is 13.4. The first kappa shape index (κ1) is 21.4. The maximum Gasteiger partial charge on any atom is 0.408 e. The molecule has 0 spiro atoms. The SMILES string of the molecule is CCOC(=O)[C@H](CC/C(O)=C\[S+](C)(C)=O)NC(=O)OC(C)(C)C. The van der Waals surface area contributed by atoms with Crippen molar-refractivity contribution in [3.63, 3.8) is 0 Å². The summed E-state index contributed by atoms with van der Waals surface area (Å²) in [7, 11) is -2.24. The summed E-state index contributed by atoms with van der Waals surface area (Å²) in [6.07, 6.45) is 2.43. The molecule has 134 valence electrons. The van der Waals surface area contributed by atoms with Crippen LogP contribution in [0.1, 0.15) is 40.5 Å². The average molecular weight is 350 g/mol. The van der Waals surface area contributed by atoms with Crippen LogP contribution in [0.2, 0.25) is 0 Å². The van der Waals surface area contributed by atoms with Crippen molar-refractivity contribution in [1.82, 2.24) is 5.32 Å². The summed E-state index contributed by atoms with van der Waals surface area (Å²) in [5.41, 5.74) is -0.693. The third-order valence-electron chi connectivity index (χ3n) is 2.37. The van der Waals surface area contributed by atoms with Crippen LogP contribution in [0, 0.1) is 0 Å². The second kappa shape index (κ2) is 8.90. The number of carbonyl (C=O) groups excluding carboxylic acids is 2. The molecule has 0 unspecified atom stereocenters. The number of amides is 1. The van der Waals surface area contributed by atoms with Gasteiger partial charge >= 0.3 is 12.1 Å². The Bertz CT molecular complexity index is 489. The lowest BCUT2D eigenvalue weighted by Crippen LogP contribution is -2.44. The van der Waals surface area contributed by atoms with Crippen molar-refractivity contribution in [3.05, 3.63) is 11.2 Å². The molecule has 0 aromatic heterocycles. The second-order valence-corrected chi connectivity index (χ2v) is 9.26. The van der Waals surface area contributed by atoms with E-state index in [1.807, 2.05) is 0 Å². The van der Waals surface area contributed by atoms with Gasteiger partial charge < -0.3 is 19.9 Å². The Balaban J connectivity index is 4.83. The monoisotopic (exact) mass is 350 g/mol. The number of alkyl carbamates (subject to hydrolysis) is 1. The van der Waals surface area contributed by atoms with Gasteiger partial charge in [-0.1, -0.05) is 0 Å². The lowest BCUT2D eigenvalue weighted by Gasteiger charge is -2.22. The first-order chi connectivity index (χ1) is 10.3. The number of rotatable bonds is 7. The average Bonchev–Trinajstić information content (AvgIpc) is 2.30. The zero-order valence-corrected chi connectivity index (χ0v) is 15.5. The van der Waals surface area contributed by atoms with E-state index in [2.05, 4.69) is 5.32 Å². The van der Waals surface area contributed by atoms with Crippen LogP contribution < -0.4 is 5.32 Å². The standard InChI is InChI=1S/C15H27NO6S/c1-7-21-13(18)12(16-14(19)22-15(2,3)4)9-8-11(17)10-23(5,6)20/h10,12H,7-9H2,1-6H3,(H-,16,17,19,20)/p+1/t12-/m0/s1. The van der Waals surface area contributed by atoms with Gasteiger partial charge in [0.25, 0.3) is 0 Å². The zero-order chi connectivity index (χ0) is 18.3. The number of aliphatic hydroxyl groups excluding tert-OH is 1. The molecule has 23 heavy (non-hydrogen) atoms. The molecular formula is C15H28NO6S+. The summed E-state index contributed by atoms with van der Waals surface area (Å²) in [5.74, 6) is -0.708. The number of esters is 1. The molecule has 0 bridgehead atoms. The van der Waals surface area contributed by atoms with Crippen LogP contribution in [0.25, 0.3) is 0 Å². The van der Waals surface area contributed by atoms with E-state index < -0.39 is 33.6 Å². The first-order valence-electron chi connectivity index (χ1n) is 7.34. The van der Waals surface area contributed by atoms with Gasteiger partial charge in [0.15, 0.2) is 5.41 Å². The number of aliphatic hydroxyl groups is 1. The molecule has 0 aromatic rings. The fraction of sp³-hybridized carbons (Fsp3) is 0.733. The highest BCUT2D eigenvalue weighted by Gasteiger charge is 2.26. The van der Waals surface area contributed by atoms with Crippen molar-refractivity contribution in [1.29, 1.82) is 0 Å². The Labute approximate surface area is 138 Å². The van der Waals surface area contributed by atoms with Gasteiger partial charge in [-0.25, -0.2) is 9.59 Å². The normalized spacial score (nSPS) is 14.1. The van der Waals surface area contributed by atoms with E-state index >= 15 is 0 Å². The molecule has 0 saturated carbocycles. The molecule has 0 aromatic carbocycles. The molecule has 8 heteroatoms. The second-order valence-electron chi connectivity index (χ2n) is 6.41. The number of hydrogen-bond acceptors (Lipinski definition) is 6. The Kier molecular flexibility index (Phi) is 8.30. The smallest absolute Gasteiger partial charge is 0.408 e. The molecule has 0 aliphatic rings. The fourth-order valence-electron chi connectivity index (χ4n) is 1.62. The van der Waals surface area contributed by atoms with Gasteiger partial charge in [-0.15, -0.1) is 4.21 Å². The molecule has 1 amide bonds. The van der Waals surface area contributed by atoms with E-state index in [1.54, 1.807) is 27.7 Å². The summed E-state index contributed by atoms with van der Waals surface area (Å²) in [4.78, 5) is 23.7. The number of ether oxygens (including phenoxy) is 2. The predicted octanol–water partition coefficient (Wildman–Crippen LogP) is 2.38. The van der Waals surface area contributed by atoms with Crippen molar-refractivity contribution in [2.75, 3.05) is 19.1 Å². The van der Waals surface area contributed by atoms with E-state index in [4.69, 9.17) is 9.47 Å². The molecule has 0 aliphatic heterocycles. The number of carbonyl (C=O) groups is 2. The predicted molar refractivity (Wildman–Crippen MR) is 89.6 cm³/mol. The van der Waals surface area contributed by atoms with Crippen LogP contribution in [0.4, 0.5) is 4.79 Å². The molecule has 0 heterocycles. The lowest BCUT2D eigenvalue weighted by molar-refractivity contribution is -0.145. The zero-order valence-electron chi connectivity index (χ0n) is 14.7. The van der Waals surface area contributed by atoms with Gasteiger partial charge in [0.2, 0.25) is 0 Å². The van der Waals surface area contributed by atoms with E-state index in [1.165, 1.54) is 17.9 Å². The highest BCUT2D eigenvalue weighted by molar-refractivity contribution is 8.04. The van der Waals surface area contributed by atoms with Crippen LogP contribution >= 0.6 is 0 Å². The quantitative estimate of drug-likeness (QED) is 0.415. The van der Waals surface area contributed by atoms with Gasteiger partial charge in [0, 0.05) is 6.42 Å². The molecule has 0 saturated heterocycles. The summed E-state index contributed by atoms with van der Waals surface area (Å²) < 4.78 is 21.6. The molecule has 0 radical (unpaired) electrons. The molecule has 0 aliphatic carbocycles. The minimum absolute atomic E-state index is 0.0813. The summed E-state index contributed by atoms with van der Waals surface area (Å²) in [6, 6.07) is -0.954. The van der Waals surface area contributed by atoms with E-state index in [-0.39, 0.29) is 25.2 Å². The highest BCUT2D eigenvalue weighted by atomic mass is 32.2. The van der Waals surface area contributed by atoms with E-state index in [0.717, 1.165) is 0 Å². The fourth-order valence-corrected chi connectivity index (χ4v) is 2.39. The number of nitrogens with one attached hydrogen (secondary N) is 1. The third kappa shape index (κ3) is 11.6. The van der Waals surface area contributed by atoms with Crippen molar-refractivity contribution >= 4 is 22.0 Å². The number of allylic oxidation sites excluding steroid dienone is 1. The Morgan fingerprint density at radius 2 is 1.87 bits per heavy atom. The minimum atomic E-state index is -2.24. The van der Waals surface area contributed by atoms with Gasteiger partial charge in [0.1, 0.15) is 39.8 Å².